The summed E-state index contributed by atoms with van der Waals surface area (Å²) >= 11 is 6.60. The van der Waals surface area contributed by atoms with Gasteiger partial charge in [0, 0.05) is 18.4 Å². The Kier molecular flexibility index (Phi) is 5.03. The number of aromatic nitrogens is 2. The van der Waals surface area contributed by atoms with Crippen molar-refractivity contribution in [2.24, 2.45) is 5.92 Å². The van der Waals surface area contributed by atoms with Crippen molar-refractivity contribution in [2.45, 2.75) is 25.9 Å². The lowest BCUT2D eigenvalue weighted by Crippen LogP contribution is -2.51. The Labute approximate surface area is 176 Å². The maximum absolute atomic E-state index is 13.6. The zero-order valence-corrected chi connectivity index (χ0v) is 17.3. The fourth-order valence-electron chi connectivity index (χ4n) is 3.84. The first-order valence-corrected chi connectivity index (χ1v) is 9.64. The molecule has 1 aliphatic carbocycles. The second kappa shape index (κ2) is 7.41. The minimum absolute atomic E-state index is 0.0579. The molecular weight excluding hydrogens is 416 g/mol. The number of rotatable bonds is 5. The lowest BCUT2D eigenvalue weighted by Gasteiger charge is -2.36. The van der Waals surface area contributed by atoms with Gasteiger partial charge in [-0.05, 0) is 13.0 Å². The van der Waals surface area contributed by atoms with Crippen molar-refractivity contribution in [3.05, 3.63) is 34.3 Å². The van der Waals surface area contributed by atoms with Crippen molar-refractivity contribution in [1.29, 1.82) is 0 Å². The fourth-order valence-corrected chi connectivity index (χ4v) is 4.11. The molecule has 0 unspecified atom stereocenters. The van der Waals surface area contributed by atoms with Crippen molar-refractivity contribution in [3.8, 4) is 23.0 Å². The molecule has 30 heavy (non-hydrogen) atoms. The molecule has 2 aromatic rings. The zero-order chi connectivity index (χ0) is 21.6. The molecule has 2 aliphatic rings. The number of Topliss-reactive ketones (excluding diaryl/α,β-unsaturated/α-hetero) is 1. The van der Waals surface area contributed by atoms with Gasteiger partial charge in [0.05, 0.1) is 24.3 Å². The van der Waals surface area contributed by atoms with E-state index < -0.39 is 17.3 Å². The number of aliphatic hydroxyl groups is 1. The molecular formula is C20H19ClN2O7. The van der Waals surface area contributed by atoms with Gasteiger partial charge < -0.3 is 23.8 Å². The Morgan fingerprint density at radius 3 is 2.80 bits per heavy atom. The van der Waals surface area contributed by atoms with E-state index in [1.165, 1.54) is 19.3 Å². The summed E-state index contributed by atoms with van der Waals surface area (Å²) in [5.74, 6) is -0.260. The summed E-state index contributed by atoms with van der Waals surface area (Å²) in [6.45, 7) is 3.07. The molecule has 10 heteroatoms. The average molecular weight is 435 g/mol. The molecule has 1 spiro atoms. The van der Waals surface area contributed by atoms with Gasteiger partial charge in [-0.3, -0.25) is 9.59 Å². The number of halogens is 1. The SMILES string of the molecule is COC1=CC(=O)C[C@@H](C)[C@]12Oc1c(Cl)c(-c3nc(C)no3)cc(OCCO)c1C2=O. The maximum atomic E-state index is 13.6. The van der Waals surface area contributed by atoms with E-state index >= 15 is 0 Å². The highest BCUT2D eigenvalue weighted by molar-refractivity contribution is 6.36. The number of fused-ring (bicyclic) bond motifs is 1. The molecule has 158 valence electrons. The maximum Gasteiger partial charge on any atom is 0.259 e. The van der Waals surface area contributed by atoms with Gasteiger partial charge in [-0.2, -0.15) is 4.98 Å². The van der Waals surface area contributed by atoms with Crippen LogP contribution in [0.5, 0.6) is 11.5 Å². The number of methoxy groups -OCH3 is 1. The number of hydrogen-bond acceptors (Lipinski definition) is 9. The van der Waals surface area contributed by atoms with Crippen LogP contribution in [0.4, 0.5) is 0 Å². The van der Waals surface area contributed by atoms with Crippen LogP contribution in [0.3, 0.4) is 0 Å². The molecule has 1 aromatic carbocycles. The van der Waals surface area contributed by atoms with Crippen LogP contribution < -0.4 is 9.47 Å². The summed E-state index contributed by atoms with van der Waals surface area (Å²) in [4.78, 5) is 29.9. The van der Waals surface area contributed by atoms with Gasteiger partial charge in [-0.1, -0.05) is 23.7 Å². The highest BCUT2D eigenvalue weighted by atomic mass is 35.5. The highest BCUT2D eigenvalue weighted by Gasteiger charge is 2.60. The van der Waals surface area contributed by atoms with Gasteiger partial charge in [0.25, 0.3) is 5.89 Å². The predicted molar refractivity (Wildman–Crippen MR) is 104 cm³/mol. The number of carbonyl (C=O) groups is 2. The molecule has 1 aromatic heterocycles. The summed E-state index contributed by atoms with van der Waals surface area (Å²) in [6, 6.07) is 1.50. The smallest absolute Gasteiger partial charge is 0.259 e. The van der Waals surface area contributed by atoms with E-state index in [1.807, 2.05) is 0 Å². The molecule has 9 nitrogen and oxygen atoms in total. The molecule has 0 saturated heterocycles. The van der Waals surface area contributed by atoms with Crippen LogP contribution in [-0.4, -0.2) is 52.7 Å². The quantitative estimate of drug-likeness (QED) is 0.756. The number of carbonyl (C=O) groups excluding carboxylic acids is 2. The summed E-state index contributed by atoms with van der Waals surface area (Å²) in [7, 11) is 1.37. The minimum atomic E-state index is -1.55. The van der Waals surface area contributed by atoms with Gasteiger partial charge in [-0.25, -0.2) is 0 Å². The standard InChI is InChI=1S/C20H19ClN2O7/c1-9-6-11(25)7-14(27-3)20(9)18(26)15-13(28-5-4-24)8-12(16(21)17(15)29-20)19-22-10(2)23-30-19/h7-9,24H,4-6H2,1-3H3/t9-,20+/m1/s1. The Morgan fingerprint density at radius 1 is 1.40 bits per heavy atom. The second-order valence-corrected chi connectivity index (χ2v) is 7.49. The Bertz CT molecular complexity index is 1080. The molecule has 1 N–H and O–H groups in total. The Morgan fingerprint density at radius 2 is 2.17 bits per heavy atom. The van der Waals surface area contributed by atoms with Crippen molar-refractivity contribution >= 4 is 23.2 Å². The Balaban J connectivity index is 1.93. The van der Waals surface area contributed by atoms with Crippen LogP contribution in [0.15, 0.2) is 22.4 Å². The lowest BCUT2D eigenvalue weighted by atomic mass is 9.75. The van der Waals surface area contributed by atoms with E-state index in [0.29, 0.717) is 11.4 Å². The van der Waals surface area contributed by atoms with Crippen LogP contribution in [0.25, 0.3) is 11.5 Å². The minimum Gasteiger partial charge on any atom is -0.496 e. The third-order valence-electron chi connectivity index (χ3n) is 5.20. The van der Waals surface area contributed by atoms with E-state index in [4.69, 9.17) is 30.3 Å². The van der Waals surface area contributed by atoms with Gasteiger partial charge >= 0.3 is 0 Å². The first-order chi connectivity index (χ1) is 14.3. The lowest BCUT2D eigenvalue weighted by molar-refractivity contribution is -0.118. The zero-order valence-electron chi connectivity index (χ0n) is 16.5. The highest BCUT2D eigenvalue weighted by Crippen LogP contribution is 2.54. The normalized spacial score (nSPS) is 22.7. The molecule has 4 rings (SSSR count). The summed E-state index contributed by atoms with van der Waals surface area (Å²) in [6.07, 6.45) is 1.38. The van der Waals surface area contributed by atoms with Crippen molar-refractivity contribution in [1.82, 2.24) is 10.1 Å². The number of benzene rings is 1. The average Bonchev–Trinajstić information content (AvgIpc) is 3.27. The molecule has 2 atom stereocenters. The third-order valence-corrected chi connectivity index (χ3v) is 5.57. The molecule has 1 aliphatic heterocycles. The summed E-state index contributed by atoms with van der Waals surface area (Å²) < 4.78 is 22.4. The van der Waals surface area contributed by atoms with E-state index in [1.54, 1.807) is 13.8 Å². The third kappa shape index (κ3) is 2.88. The van der Waals surface area contributed by atoms with Crippen LogP contribution >= 0.6 is 11.6 Å². The van der Waals surface area contributed by atoms with Gasteiger partial charge in [-0.15, -0.1) is 0 Å². The molecule has 0 bridgehead atoms. The van der Waals surface area contributed by atoms with Crippen molar-refractivity contribution in [2.75, 3.05) is 20.3 Å². The van der Waals surface area contributed by atoms with Gasteiger partial charge in [0.2, 0.25) is 11.4 Å². The van der Waals surface area contributed by atoms with E-state index in [2.05, 4.69) is 10.1 Å². The number of allylic oxidation sites excluding steroid dienone is 1. The van der Waals surface area contributed by atoms with E-state index in [9.17, 15) is 14.7 Å². The van der Waals surface area contributed by atoms with Crippen molar-refractivity contribution < 1.29 is 33.4 Å². The Hall–Kier alpha value is -2.91. The first kappa shape index (κ1) is 20.4. The van der Waals surface area contributed by atoms with Gasteiger partial charge in [0.1, 0.15) is 17.9 Å². The topological polar surface area (TPSA) is 121 Å². The largest absolute Gasteiger partial charge is 0.496 e. The number of ether oxygens (including phenoxy) is 3. The monoisotopic (exact) mass is 434 g/mol. The van der Waals surface area contributed by atoms with Crippen LogP contribution in [0, 0.1) is 12.8 Å². The van der Waals surface area contributed by atoms with Crippen LogP contribution in [-0.2, 0) is 9.53 Å². The molecule has 0 saturated carbocycles. The summed E-state index contributed by atoms with van der Waals surface area (Å²) in [5.41, 5.74) is -1.12. The fraction of sp³-hybridized carbons (Fsp3) is 0.400. The number of ketones is 2. The molecule has 2 heterocycles. The van der Waals surface area contributed by atoms with E-state index in [0.717, 1.165) is 0 Å². The number of nitrogens with zero attached hydrogens (tertiary/aromatic N) is 2. The van der Waals surface area contributed by atoms with Crippen molar-refractivity contribution in [3.63, 3.8) is 0 Å². The number of hydrogen-bond donors (Lipinski definition) is 1. The molecule has 0 amide bonds. The first-order valence-electron chi connectivity index (χ1n) is 9.27. The van der Waals surface area contributed by atoms with Gasteiger partial charge in [0.15, 0.2) is 23.1 Å². The summed E-state index contributed by atoms with van der Waals surface area (Å²) in [5, 5.41) is 13.1. The second-order valence-electron chi connectivity index (χ2n) is 7.11. The number of aryl methyl sites for hydroxylation is 1. The van der Waals surface area contributed by atoms with Crippen LogP contribution in [0.1, 0.15) is 29.5 Å². The predicted octanol–water partition coefficient (Wildman–Crippen LogP) is 2.52. The van der Waals surface area contributed by atoms with Crippen LogP contribution in [0.2, 0.25) is 5.02 Å². The van der Waals surface area contributed by atoms with E-state index in [-0.39, 0.29) is 59.2 Å². The number of aliphatic hydroxyl groups excluding tert-OH is 1. The molecule has 0 radical (unpaired) electrons. The molecule has 0 fully saturated rings.